The number of likely N-dealkylation sites (tertiary alicyclic amines) is 1. The summed E-state index contributed by atoms with van der Waals surface area (Å²) in [6, 6.07) is 7.46. The maximum absolute atomic E-state index is 11.9. The van der Waals surface area contributed by atoms with Crippen LogP contribution < -0.4 is 15.8 Å². The summed E-state index contributed by atoms with van der Waals surface area (Å²) in [6.07, 6.45) is 0. The maximum atomic E-state index is 11.9. The number of ether oxygens (including phenoxy) is 1. The van der Waals surface area contributed by atoms with E-state index < -0.39 is 11.5 Å². The topological polar surface area (TPSA) is 105 Å². The molecule has 0 radical (unpaired) electrons. The minimum absolute atomic E-state index is 0.0311. The van der Waals surface area contributed by atoms with E-state index in [1.807, 2.05) is 24.3 Å². The SMILES string of the molecule is CC(C)(C)c1ccccc1OCCNC(=O)N1CC(O)(C(N)=O)C1. The van der Waals surface area contributed by atoms with E-state index in [-0.39, 0.29) is 24.5 Å². The molecule has 0 unspecified atom stereocenters. The molecule has 0 aliphatic carbocycles. The summed E-state index contributed by atoms with van der Waals surface area (Å²) >= 11 is 0. The highest BCUT2D eigenvalue weighted by molar-refractivity contribution is 5.88. The van der Waals surface area contributed by atoms with Gasteiger partial charge in [0.2, 0.25) is 0 Å². The van der Waals surface area contributed by atoms with E-state index in [4.69, 9.17) is 10.5 Å². The molecule has 1 aliphatic heterocycles. The minimum Gasteiger partial charge on any atom is -0.491 e. The van der Waals surface area contributed by atoms with Gasteiger partial charge in [-0.1, -0.05) is 39.0 Å². The van der Waals surface area contributed by atoms with E-state index >= 15 is 0 Å². The van der Waals surface area contributed by atoms with Gasteiger partial charge in [-0.2, -0.15) is 0 Å². The molecule has 132 valence electrons. The Bertz CT molecular complexity index is 619. The van der Waals surface area contributed by atoms with Crippen LogP contribution in [0, 0.1) is 0 Å². The summed E-state index contributed by atoms with van der Waals surface area (Å²) in [5, 5.41) is 12.4. The Balaban J connectivity index is 1.77. The molecule has 4 N–H and O–H groups in total. The van der Waals surface area contributed by atoms with Crippen LogP contribution in [0.25, 0.3) is 0 Å². The Kier molecular flexibility index (Phi) is 5.03. The lowest BCUT2D eigenvalue weighted by Crippen LogP contribution is -2.70. The molecular formula is C17H25N3O4. The summed E-state index contributed by atoms with van der Waals surface area (Å²) in [6.45, 7) is 6.82. The van der Waals surface area contributed by atoms with Crippen molar-refractivity contribution in [2.45, 2.75) is 31.8 Å². The number of aliphatic hydroxyl groups is 1. The van der Waals surface area contributed by atoms with Crippen LogP contribution in [0.3, 0.4) is 0 Å². The molecular weight excluding hydrogens is 310 g/mol. The second-order valence-corrected chi connectivity index (χ2v) is 7.08. The highest BCUT2D eigenvalue weighted by atomic mass is 16.5. The Morgan fingerprint density at radius 1 is 1.33 bits per heavy atom. The molecule has 0 saturated carbocycles. The molecule has 24 heavy (non-hydrogen) atoms. The summed E-state index contributed by atoms with van der Waals surface area (Å²) in [5.74, 6) is -0.0139. The fourth-order valence-electron chi connectivity index (χ4n) is 2.53. The molecule has 1 saturated heterocycles. The minimum atomic E-state index is -1.60. The number of nitrogens with zero attached hydrogens (tertiary/aromatic N) is 1. The molecule has 1 fully saturated rings. The van der Waals surface area contributed by atoms with Crippen LogP contribution in [-0.2, 0) is 10.2 Å². The summed E-state index contributed by atoms with van der Waals surface area (Å²) in [5.41, 5.74) is 4.54. The molecule has 0 spiro atoms. The number of urea groups is 1. The highest BCUT2D eigenvalue weighted by Crippen LogP contribution is 2.30. The normalized spacial score (nSPS) is 16.2. The number of carbonyl (C=O) groups is 2. The van der Waals surface area contributed by atoms with Gasteiger partial charge in [-0.15, -0.1) is 0 Å². The lowest BCUT2D eigenvalue weighted by atomic mass is 9.86. The van der Waals surface area contributed by atoms with Crippen LogP contribution in [-0.4, -0.2) is 53.8 Å². The molecule has 1 heterocycles. The molecule has 2 rings (SSSR count). The quantitative estimate of drug-likeness (QED) is 0.685. The number of amides is 3. The zero-order chi connectivity index (χ0) is 18.0. The third-order valence-electron chi connectivity index (χ3n) is 3.98. The number of para-hydroxylation sites is 1. The Labute approximate surface area is 141 Å². The van der Waals surface area contributed by atoms with E-state index in [1.165, 1.54) is 4.90 Å². The molecule has 0 bridgehead atoms. The fourth-order valence-corrected chi connectivity index (χ4v) is 2.53. The lowest BCUT2D eigenvalue weighted by molar-refractivity contribution is -0.150. The second kappa shape index (κ2) is 6.68. The molecule has 1 aliphatic rings. The average molecular weight is 335 g/mol. The van der Waals surface area contributed by atoms with E-state index in [2.05, 4.69) is 26.1 Å². The van der Waals surface area contributed by atoms with Crippen LogP contribution in [0.2, 0.25) is 0 Å². The van der Waals surface area contributed by atoms with Crippen molar-refractivity contribution in [2.75, 3.05) is 26.2 Å². The number of benzene rings is 1. The van der Waals surface area contributed by atoms with Gasteiger partial charge in [0.25, 0.3) is 5.91 Å². The van der Waals surface area contributed by atoms with Crippen LogP contribution >= 0.6 is 0 Å². The molecule has 3 amide bonds. The summed E-state index contributed by atoms with van der Waals surface area (Å²) in [7, 11) is 0. The number of primary amides is 1. The average Bonchev–Trinajstić information content (AvgIpc) is 2.47. The largest absolute Gasteiger partial charge is 0.491 e. The predicted octanol–water partition coefficient (Wildman–Crippen LogP) is 0.604. The van der Waals surface area contributed by atoms with Gasteiger partial charge in [-0.05, 0) is 17.0 Å². The second-order valence-electron chi connectivity index (χ2n) is 7.08. The van der Waals surface area contributed by atoms with Gasteiger partial charge in [0, 0.05) is 0 Å². The molecule has 0 aromatic heterocycles. The number of nitrogens with two attached hydrogens (primary N) is 1. The van der Waals surface area contributed by atoms with Crippen molar-refractivity contribution in [3.63, 3.8) is 0 Å². The molecule has 0 atom stereocenters. The van der Waals surface area contributed by atoms with Crippen LogP contribution in [0.5, 0.6) is 5.75 Å². The van der Waals surface area contributed by atoms with Crippen LogP contribution in [0.15, 0.2) is 24.3 Å². The van der Waals surface area contributed by atoms with Gasteiger partial charge >= 0.3 is 6.03 Å². The predicted molar refractivity (Wildman–Crippen MR) is 89.8 cm³/mol. The maximum Gasteiger partial charge on any atom is 0.317 e. The zero-order valence-corrected chi connectivity index (χ0v) is 14.3. The van der Waals surface area contributed by atoms with Gasteiger partial charge in [0.1, 0.15) is 12.4 Å². The Morgan fingerprint density at radius 2 is 1.96 bits per heavy atom. The Hall–Kier alpha value is -2.28. The summed E-state index contributed by atoms with van der Waals surface area (Å²) < 4.78 is 5.77. The number of nitrogens with one attached hydrogen (secondary N) is 1. The highest BCUT2D eigenvalue weighted by Gasteiger charge is 2.48. The molecule has 1 aromatic carbocycles. The number of hydrogen-bond acceptors (Lipinski definition) is 4. The fraction of sp³-hybridized carbons (Fsp3) is 0.529. The Morgan fingerprint density at radius 3 is 2.54 bits per heavy atom. The van der Waals surface area contributed by atoms with E-state index in [9.17, 15) is 14.7 Å². The van der Waals surface area contributed by atoms with Crippen molar-refractivity contribution in [2.24, 2.45) is 5.73 Å². The van der Waals surface area contributed by atoms with E-state index in [0.29, 0.717) is 13.2 Å². The van der Waals surface area contributed by atoms with Gasteiger partial charge in [-0.25, -0.2) is 4.79 Å². The van der Waals surface area contributed by atoms with E-state index in [0.717, 1.165) is 11.3 Å². The van der Waals surface area contributed by atoms with Crippen LogP contribution in [0.4, 0.5) is 4.79 Å². The van der Waals surface area contributed by atoms with Crippen molar-refractivity contribution in [1.29, 1.82) is 0 Å². The van der Waals surface area contributed by atoms with Crippen molar-refractivity contribution in [1.82, 2.24) is 10.2 Å². The zero-order valence-electron chi connectivity index (χ0n) is 14.3. The van der Waals surface area contributed by atoms with Gasteiger partial charge in [-0.3, -0.25) is 4.79 Å². The van der Waals surface area contributed by atoms with Crippen molar-refractivity contribution >= 4 is 11.9 Å². The first-order valence-electron chi connectivity index (χ1n) is 7.91. The standard InChI is InChI=1S/C17H25N3O4/c1-16(2,3)12-6-4-5-7-13(12)24-9-8-19-15(22)20-10-17(23,11-20)14(18)21/h4-7,23H,8-11H2,1-3H3,(H2,18,21)(H,19,22). The first kappa shape index (κ1) is 18.1. The summed E-state index contributed by atoms with van der Waals surface area (Å²) in [4.78, 5) is 24.2. The monoisotopic (exact) mass is 335 g/mol. The van der Waals surface area contributed by atoms with Crippen molar-refractivity contribution in [3.05, 3.63) is 29.8 Å². The molecule has 7 nitrogen and oxygen atoms in total. The number of carbonyl (C=O) groups excluding carboxylic acids is 2. The molecule has 1 aromatic rings. The third kappa shape index (κ3) is 3.97. The van der Waals surface area contributed by atoms with Gasteiger partial charge in [0.15, 0.2) is 5.60 Å². The first-order chi connectivity index (χ1) is 11.1. The first-order valence-corrected chi connectivity index (χ1v) is 7.91. The number of hydrogen-bond donors (Lipinski definition) is 3. The van der Waals surface area contributed by atoms with Crippen LogP contribution in [0.1, 0.15) is 26.3 Å². The van der Waals surface area contributed by atoms with E-state index in [1.54, 1.807) is 0 Å². The third-order valence-corrected chi connectivity index (χ3v) is 3.98. The van der Waals surface area contributed by atoms with Gasteiger partial charge in [0.05, 0.1) is 19.6 Å². The lowest BCUT2D eigenvalue weighted by Gasteiger charge is -2.43. The molecule has 7 heteroatoms. The van der Waals surface area contributed by atoms with Crippen molar-refractivity contribution < 1.29 is 19.4 Å². The van der Waals surface area contributed by atoms with Crippen molar-refractivity contribution in [3.8, 4) is 5.75 Å². The number of rotatable bonds is 5. The smallest absolute Gasteiger partial charge is 0.317 e. The number of β-amino-alcohol motifs (C(OH)–C–C–N with tert-alkyl or cyclic N) is 1. The van der Waals surface area contributed by atoms with Gasteiger partial charge < -0.3 is 25.8 Å².